The molecule has 19 heavy (non-hydrogen) atoms. The summed E-state index contributed by atoms with van der Waals surface area (Å²) in [7, 11) is 0. The molecule has 0 aliphatic rings. The van der Waals surface area contributed by atoms with Gasteiger partial charge in [0.2, 0.25) is 0 Å². The normalized spacial score (nSPS) is 10.2. The Morgan fingerprint density at radius 2 is 2.11 bits per heavy atom. The first-order valence-corrected chi connectivity index (χ1v) is 5.87. The van der Waals surface area contributed by atoms with Gasteiger partial charge in [-0.15, -0.1) is 0 Å². The Labute approximate surface area is 110 Å². The van der Waals surface area contributed by atoms with E-state index in [4.69, 9.17) is 5.11 Å². The minimum absolute atomic E-state index is 0.0234. The maximum Gasteiger partial charge on any atom is 0.156 e. The van der Waals surface area contributed by atoms with Gasteiger partial charge in [-0.05, 0) is 29.7 Å². The topological polar surface area (TPSA) is 50.4 Å². The average molecular weight is 249 g/mol. The third-order valence-electron chi connectivity index (χ3n) is 2.70. The Bertz CT molecular complexity index is 780. The summed E-state index contributed by atoms with van der Waals surface area (Å²) < 4.78 is 1.69. The largest absolute Gasteiger partial charge is 0.392 e. The number of hydrogen-bond acceptors (Lipinski definition) is 3. The van der Waals surface area contributed by atoms with Crippen LogP contribution in [0.5, 0.6) is 0 Å². The number of benzene rings is 1. The van der Waals surface area contributed by atoms with E-state index in [-0.39, 0.29) is 6.61 Å². The van der Waals surface area contributed by atoms with E-state index in [1.165, 1.54) is 0 Å². The van der Waals surface area contributed by atoms with Crippen molar-refractivity contribution in [3.05, 3.63) is 65.6 Å². The van der Waals surface area contributed by atoms with Gasteiger partial charge < -0.3 is 5.11 Å². The molecule has 3 rings (SSSR count). The minimum Gasteiger partial charge on any atom is -0.392 e. The van der Waals surface area contributed by atoms with Crippen molar-refractivity contribution in [3.8, 4) is 11.8 Å². The van der Waals surface area contributed by atoms with Crippen molar-refractivity contribution in [2.24, 2.45) is 0 Å². The summed E-state index contributed by atoms with van der Waals surface area (Å²) in [6.45, 7) is 0.0234. The van der Waals surface area contributed by atoms with Crippen LogP contribution in [0.25, 0.3) is 5.65 Å². The lowest BCUT2D eigenvalue weighted by atomic mass is 10.1. The van der Waals surface area contributed by atoms with E-state index in [9.17, 15) is 0 Å². The van der Waals surface area contributed by atoms with E-state index in [2.05, 4.69) is 21.9 Å². The van der Waals surface area contributed by atoms with Crippen molar-refractivity contribution < 1.29 is 5.11 Å². The number of nitrogens with zero attached hydrogens (tertiary/aromatic N) is 3. The van der Waals surface area contributed by atoms with Crippen LogP contribution in [0.15, 0.2) is 48.8 Å². The predicted molar refractivity (Wildman–Crippen MR) is 71.3 cm³/mol. The molecule has 2 aromatic heterocycles. The molecule has 2 heterocycles. The third kappa shape index (κ3) is 2.46. The minimum atomic E-state index is 0.0234. The molecule has 0 aliphatic heterocycles. The number of hydrogen-bond donors (Lipinski definition) is 1. The smallest absolute Gasteiger partial charge is 0.156 e. The van der Waals surface area contributed by atoms with Crippen LogP contribution < -0.4 is 0 Å². The third-order valence-corrected chi connectivity index (χ3v) is 2.70. The number of aliphatic hydroxyl groups excluding tert-OH is 1. The van der Waals surface area contributed by atoms with Gasteiger partial charge in [-0.1, -0.05) is 18.1 Å². The van der Waals surface area contributed by atoms with E-state index in [0.717, 1.165) is 16.8 Å². The number of aromatic nitrogens is 3. The lowest BCUT2D eigenvalue weighted by Gasteiger charge is -1.96. The molecule has 1 N–H and O–H groups in total. The zero-order valence-electron chi connectivity index (χ0n) is 10.1. The van der Waals surface area contributed by atoms with Crippen LogP contribution >= 0.6 is 0 Å². The van der Waals surface area contributed by atoms with Gasteiger partial charge in [0.25, 0.3) is 0 Å². The molecule has 4 nitrogen and oxygen atoms in total. The second-order valence-corrected chi connectivity index (χ2v) is 4.06. The SMILES string of the molecule is OCc1cccc(C#Cc2ccn3nccc3n2)c1. The number of fused-ring (bicyclic) bond motifs is 1. The molecule has 0 aliphatic carbocycles. The Morgan fingerprint density at radius 3 is 3.00 bits per heavy atom. The monoisotopic (exact) mass is 249 g/mol. The van der Waals surface area contributed by atoms with Gasteiger partial charge >= 0.3 is 0 Å². The van der Waals surface area contributed by atoms with Gasteiger partial charge in [0.15, 0.2) is 5.65 Å². The summed E-state index contributed by atoms with van der Waals surface area (Å²) in [6.07, 6.45) is 3.53. The summed E-state index contributed by atoms with van der Waals surface area (Å²) in [6, 6.07) is 11.2. The highest BCUT2D eigenvalue weighted by molar-refractivity contribution is 5.45. The average Bonchev–Trinajstić information content (AvgIpc) is 2.93. The van der Waals surface area contributed by atoms with Crippen molar-refractivity contribution >= 4 is 5.65 Å². The van der Waals surface area contributed by atoms with Gasteiger partial charge in [0, 0.05) is 17.8 Å². The van der Waals surface area contributed by atoms with Crippen molar-refractivity contribution in [1.29, 1.82) is 0 Å². The zero-order chi connectivity index (χ0) is 13.1. The van der Waals surface area contributed by atoms with Crippen molar-refractivity contribution in [3.63, 3.8) is 0 Å². The molecule has 0 spiro atoms. The zero-order valence-corrected chi connectivity index (χ0v) is 10.1. The first-order chi connectivity index (χ1) is 9.35. The molecule has 3 aromatic rings. The van der Waals surface area contributed by atoms with Crippen LogP contribution in [-0.4, -0.2) is 19.7 Å². The maximum absolute atomic E-state index is 9.07. The molecule has 0 unspecified atom stereocenters. The molecular weight excluding hydrogens is 238 g/mol. The van der Waals surface area contributed by atoms with Gasteiger partial charge in [-0.3, -0.25) is 0 Å². The molecule has 0 saturated carbocycles. The van der Waals surface area contributed by atoms with Crippen LogP contribution in [0.1, 0.15) is 16.8 Å². The fourth-order valence-electron chi connectivity index (χ4n) is 1.77. The Hall–Kier alpha value is -2.64. The molecule has 0 amide bonds. The van der Waals surface area contributed by atoms with Gasteiger partial charge in [-0.25, -0.2) is 9.50 Å². The summed E-state index contributed by atoms with van der Waals surface area (Å²) in [5.74, 6) is 6.05. The lowest BCUT2D eigenvalue weighted by Crippen LogP contribution is -1.91. The van der Waals surface area contributed by atoms with Crippen molar-refractivity contribution in [2.45, 2.75) is 6.61 Å². The molecule has 0 fully saturated rings. The summed E-state index contributed by atoms with van der Waals surface area (Å²) in [5.41, 5.74) is 3.19. The van der Waals surface area contributed by atoms with Crippen LogP contribution in [0.2, 0.25) is 0 Å². The van der Waals surface area contributed by atoms with Gasteiger partial charge in [0.1, 0.15) is 5.69 Å². The molecule has 0 saturated heterocycles. The van der Waals surface area contributed by atoms with E-state index in [0.29, 0.717) is 5.69 Å². The van der Waals surface area contributed by atoms with Crippen LogP contribution in [0, 0.1) is 11.8 Å². The molecule has 92 valence electrons. The fraction of sp³-hybridized carbons (Fsp3) is 0.0667. The highest BCUT2D eigenvalue weighted by atomic mass is 16.3. The molecule has 0 radical (unpaired) electrons. The Morgan fingerprint density at radius 1 is 1.16 bits per heavy atom. The highest BCUT2D eigenvalue weighted by Crippen LogP contribution is 2.04. The quantitative estimate of drug-likeness (QED) is 0.667. The first-order valence-electron chi connectivity index (χ1n) is 5.87. The van der Waals surface area contributed by atoms with Gasteiger partial charge in [0.05, 0.1) is 12.8 Å². The number of rotatable bonds is 1. The molecule has 0 bridgehead atoms. The lowest BCUT2D eigenvalue weighted by molar-refractivity contribution is 0.282. The van der Waals surface area contributed by atoms with Crippen molar-refractivity contribution in [1.82, 2.24) is 14.6 Å². The molecule has 1 aromatic carbocycles. The highest BCUT2D eigenvalue weighted by Gasteiger charge is 1.95. The summed E-state index contributed by atoms with van der Waals surface area (Å²) in [5, 5.41) is 13.2. The van der Waals surface area contributed by atoms with Crippen molar-refractivity contribution in [2.75, 3.05) is 0 Å². The van der Waals surface area contributed by atoms with Crippen LogP contribution in [0.4, 0.5) is 0 Å². The second kappa shape index (κ2) is 4.92. The summed E-state index contributed by atoms with van der Waals surface area (Å²) >= 11 is 0. The molecular formula is C15H11N3O. The fourth-order valence-corrected chi connectivity index (χ4v) is 1.77. The van der Waals surface area contributed by atoms with E-state index >= 15 is 0 Å². The van der Waals surface area contributed by atoms with Crippen LogP contribution in [-0.2, 0) is 6.61 Å². The molecule has 4 heteroatoms. The predicted octanol–water partition coefficient (Wildman–Crippen LogP) is 1.62. The Kier molecular flexibility index (Phi) is 2.97. The van der Waals surface area contributed by atoms with E-state index < -0.39 is 0 Å². The van der Waals surface area contributed by atoms with Gasteiger partial charge in [-0.2, -0.15) is 5.10 Å². The van der Waals surface area contributed by atoms with E-state index in [1.54, 1.807) is 10.7 Å². The van der Waals surface area contributed by atoms with E-state index in [1.807, 2.05) is 42.6 Å². The summed E-state index contributed by atoms with van der Waals surface area (Å²) in [4.78, 5) is 4.37. The standard InChI is InChI=1S/C15H11N3O/c19-11-13-3-1-2-12(10-13)4-5-14-7-9-18-15(17-14)6-8-16-18/h1-3,6-10,19H,11H2. The first kappa shape index (κ1) is 11.5. The van der Waals surface area contributed by atoms with Crippen LogP contribution in [0.3, 0.4) is 0 Å². The second-order valence-electron chi connectivity index (χ2n) is 4.06. The number of aliphatic hydroxyl groups is 1. The maximum atomic E-state index is 9.07. The molecule has 0 atom stereocenters. The Balaban J connectivity index is 1.93.